The molecule has 0 saturated carbocycles. The first-order chi connectivity index (χ1) is 39.5. The minimum atomic E-state index is -0.775. The van der Waals surface area contributed by atoms with Crippen LogP contribution in [0.4, 0.5) is 0 Å². The standard InChI is InChI=1S/C74H132O6/c1-4-7-10-13-16-19-22-25-28-30-32-33-34-35-36-37-38-39-40-41-43-44-46-49-52-55-58-61-64-67-73(76)79-70-71(69-78-72(75)66-63-60-57-54-51-48-27-24-21-18-15-12-9-6-3)80-74(77)68-65-62-59-56-53-50-47-45-42-31-29-26-23-20-17-14-11-8-5-2/h7,10,16,19,25-26,28-29,32-33,35-36,71H,4-6,8-9,11-15,17-18,20-24,27,30-31,34,37-70H2,1-3H3/b10-7-,19-16-,28-25-,29-26-,33-32-,36-35-. The molecule has 6 heteroatoms. The van der Waals surface area contributed by atoms with E-state index in [1.807, 2.05) is 0 Å². The molecule has 0 rings (SSSR count). The van der Waals surface area contributed by atoms with Gasteiger partial charge in [-0.25, -0.2) is 0 Å². The predicted molar refractivity (Wildman–Crippen MR) is 348 cm³/mol. The summed E-state index contributed by atoms with van der Waals surface area (Å²) in [6.45, 7) is 6.58. The lowest BCUT2D eigenvalue weighted by atomic mass is 10.0. The average Bonchev–Trinajstić information content (AvgIpc) is 3.46. The van der Waals surface area contributed by atoms with Crippen LogP contribution in [0.15, 0.2) is 72.9 Å². The summed E-state index contributed by atoms with van der Waals surface area (Å²) in [5, 5.41) is 0. The highest BCUT2D eigenvalue weighted by Gasteiger charge is 2.19. The molecule has 0 fully saturated rings. The van der Waals surface area contributed by atoms with Gasteiger partial charge in [0.2, 0.25) is 0 Å². The van der Waals surface area contributed by atoms with Crippen molar-refractivity contribution in [3.8, 4) is 0 Å². The van der Waals surface area contributed by atoms with Crippen molar-refractivity contribution >= 4 is 17.9 Å². The maximum atomic E-state index is 12.9. The Bertz CT molecular complexity index is 1470. The molecule has 1 atom stereocenters. The van der Waals surface area contributed by atoms with Gasteiger partial charge in [0.25, 0.3) is 0 Å². The van der Waals surface area contributed by atoms with Crippen LogP contribution in [0.5, 0.6) is 0 Å². The van der Waals surface area contributed by atoms with Crippen molar-refractivity contribution in [2.75, 3.05) is 13.2 Å². The minimum absolute atomic E-state index is 0.0711. The highest BCUT2D eigenvalue weighted by Crippen LogP contribution is 2.18. The first-order valence-corrected chi connectivity index (χ1v) is 34.9. The van der Waals surface area contributed by atoms with Gasteiger partial charge in [-0.3, -0.25) is 14.4 Å². The number of hydrogen-bond donors (Lipinski definition) is 0. The van der Waals surface area contributed by atoms with Crippen molar-refractivity contribution in [2.45, 2.75) is 367 Å². The molecule has 0 aliphatic heterocycles. The summed E-state index contributed by atoms with van der Waals surface area (Å²) in [6.07, 6.45) is 89.2. The van der Waals surface area contributed by atoms with Gasteiger partial charge in [0, 0.05) is 19.3 Å². The summed E-state index contributed by atoms with van der Waals surface area (Å²) in [6, 6.07) is 0. The Labute approximate surface area is 497 Å². The van der Waals surface area contributed by atoms with E-state index in [1.165, 1.54) is 231 Å². The van der Waals surface area contributed by atoms with Crippen molar-refractivity contribution in [1.82, 2.24) is 0 Å². The number of carbonyl (C=O) groups excluding carboxylic acids is 3. The predicted octanol–water partition coefficient (Wildman–Crippen LogP) is 24.1. The van der Waals surface area contributed by atoms with E-state index in [4.69, 9.17) is 14.2 Å². The Morgan fingerprint density at radius 3 is 0.775 bits per heavy atom. The lowest BCUT2D eigenvalue weighted by Gasteiger charge is -2.18. The summed E-state index contributed by atoms with van der Waals surface area (Å²) >= 11 is 0. The van der Waals surface area contributed by atoms with Gasteiger partial charge in [-0.1, -0.05) is 325 Å². The van der Waals surface area contributed by atoms with Crippen LogP contribution < -0.4 is 0 Å². The van der Waals surface area contributed by atoms with Crippen LogP contribution >= 0.6 is 0 Å². The Morgan fingerprint density at radius 2 is 0.487 bits per heavy atom. The highest BCUT2D eigenvalue weighted by atomic mass is 16.6. The van der Waals surface area contributed by atoms with Crippen molar-refractivity contribution in [1.29, 1.82) is 0 Å². The molecule has 0 radical (unpaired) electrons. The topological polar surface area (TPSA) is 78.9 Å². The third-order valence-corrected chi connectivity index (χ3v) is 15.4. The van der Waals surface area contributed by atoms with Gasteiger partial charge in [0.05, 0.1) is 0 Å². The molecule has 0 amide bonds. The van der Waals surface area contributed by atoms with Gasteiger partial charge >= 0.3 is 17.9 Å². The molecule has 6 nitrogen and oxygen atoms in total. The van der Waals surface area contributed by atoms with E-state index in [9.17, 15) is 14.4 Å². The number of allylic oxidation sites excluding steroid dienone is 12. The third kappa shape index (κ3) is 65.7. The Hall–Kier alpha value is -3.15. The van der Waals surface area contributed by atoms with Crippen molar-refractivity contribution in [3.05, 3.63) is 72.9 Å². The number of ether oxygens (including phenoxy) is 3. The van der Waals surface area contributed by atoms with Crippen LogP contribution in [0.1, 0.15) is 361 Å². The van der Waals surface area contributed by atoms with Crippen LogP contribution in [-0.4, -0.2) is 37.2 Å². The maximum Gasteiger partial charge on any atom is 0.306 e. The van der Waals surface area contributed by atoms with Crippen LogP contribution in [0.3, 0.4) is 0 Å². The molecule has 0 heterocycles. The van der Waals surface area contributed by atoms with Crippen molar-refractivity contribution in [2.24, 2.45) is 0 Å². The molecule has 464 valence electrons. The number of esters is 3. The smallest absolute Gasteiger partial charge is 0.306 e. The second-order valence-electron chi connectivity index (χ2n) is 23.4. The number of carbonyl (C=O) groups is 3. The van der Waals surface area contributed by atoms with E-state index in [-0.39, 0.29) is 31.1 Å². The van der Waals surface area contributed by atoms with Crippen molar-refractivity contribution in [3.63, 3.8) is 0 Å². The van der Waals surface area contributed by atoms with Crippen LogP contribution in [0, 0.1) is 0 Å². The van der Waals surface area contributed by atoms with Gasteiger partial charge in [-0.05, 0) is 89.9 Å². The van der Waals surface area contributed by atoms with Crippen molar-refractivity contribution < 1.29 is 28.6 Å². The number of rotatable bonds is 64. The fourth-order valence-corrected chi connectivity index (χ4v) is 10.2. The lowest BCUT2D eigenvalue weighted by molar-refractivity contribution is -0.167. The van der Waals surface area contributed by atoms with Crippen LogP contribution in [0.25, 0.3) is 0 Å². The maximum absolute atomic E-state index is 12.9. The van der Waals surface area contributed by atoms with Gasteiger partial charge < -0.3 is 14.2 Å². The number of hydrogen-bond acceptors (Lipinski definition) is 6. The Morgan fingerprint density at radius 1 is 0.263 bits per heavy atom. The highest BCUT2D eigenvalue weighted by molar-refractivity contribution is 5.71. The molecule has 0 spiro atoms. The van der Waals surface area contributed by atoms with Gasteiger partial charge in [-0.15, -0.1) is 0 Å². The van der Waals surface area contributed by atoms with E-state index in [2.05, 4.69) is 93.7 Å². The normalized spacial score (nSPS) is 12.5. The van der Waals surface area contributed by atoms with E-state index in [1.54, 1.807) is 0 Å². The molecule has 0 aromatic carbocycles. The second-order valence-corrected chi connectivity index (χ2v) is 23.4. The van der Waals surface area contributed by atoms with Gasteiger partial charge in [-0.2, -0.15) is 0 Å². The van der Waals surface area contributed by atoms with E-state index in [0.717, 1.165) is 89.9 Å². The first-order valence-electron chi connectivity index (χ1n) is 34.9. The van der Waals surface area contributed by atoms with E-state index < -0.39 is 6.10 Å². The summed E-state index contributed by atoms with van der Waals surface area (Å²) < 4.78 is 17.0. The first kappa shape index (κ1) is 76.9. The molecule has 0 aromatic heterocycles. The zero-order valence-corrected chi connectivity index (χ0v) is 53.3. The average molecular weight is 1120 g/mol. The Balaban J connectivity index is 4.25. The van der Waals surface area contributed by atoms with Gasteiger partial charge in [0.1, 0.15) is 13.2 Å². The molecule has 0 aliphatic rings. The molecule has 0 N–H and O–H groups in total. The molecule has 0 aliphatic carbocycles. The quantitative estimate of drug-likeness (QED) is 0.0261. The summed E-state index contributed by atoms with van der Waals surface area (Å²) in [4.78, 5) is 38.4. The zero-order valence-electron chi connectivity index (χ0n) is 53.3. The Kier molecular flexibility index (Phi) is 65.7. The molecular weight excluding hydrogens is 985 g/mol. The zero-order chi connectivity index (χ0) is 57.8. The summed E-state index contributed by atoms with van der Waals surface area (Å²) in [5.74, 6) is -0.852. The number of unbranched alkanes of at least 4 members (excludes halogenated alkanes) is 41. The van der Waals surface area contributed by atoms with Crippen LogP contribution in [0.2, 0.25) is 0 Å². The third-order valence-electron chi connectivity index (χ3n) is 15.4. The fourth-order valence-electron chi connectivity index (χ4n) is 10.2. The molecule has 1 unspecified atom stereocenters. The van der Waals surface area contributed by atoms with Crippen LogP contribution in [-0.2, 0) is 28.6 Å². The molecular formula is C74H132O6. The lowest BCUT2D eigenvalue weighted by Crippen LogP contribution is -2.30. The monoisotopic (exact) mass is 1120 g/mol. The molecule has 0 aromatic rings. The van der Waals surface area contributed by atoms with E-state index in [0.29, 0.717) is 19.3 Å². The minimum Gasteiger partial charge on any atom is -0.462 e. The summed E-state index contributed by atoms with van der Waals surface area (Å²) in [7, 11) is 0. The molecule has 0 saturated heterocycles. The summed E-state index contributed by atoms with van der Waals surface area (Å²) in [5.41, 5.74) is 0. The van der Waals surface area contributed by atoms with E-state index >= 15 is 0 Å². The molecule has 0 bridgehead atoms. The second kappa shape index (κ2) is 68.3. The molecule has 80 heavy (non-hydrogen) atoms. The SMILES string of the molecule is CC/C=C\C/C=C\C/C=C\C/C=C\C/C=C\CCCCCCCCCCCCCCCC(=O)OCC(COC(=O)CCCCCCCCCCCCCCCC)OC(=O)CCCCCCCCCCC/C=C\CCCCCCCC. The largest absolute Gasteiger partial charge is 0.462 e. The fraction of sp³-hybridized carbons (Fsp3) is 0.797. The van der Waals surface area contributed by atoms with Gasteiger partial charge in [0.15, 0.2) is 6.10 Å².